The summed E-state index contributed by atoms with van der Waals surface area (Å²) in [6, 6.07) is 4.89. The molecule has 2 saturated carbocycles. The summed E-state index contributed by atoms with van der Waals surface area (Å²) in [5.74, 6) is -1.54. The van der Waals surface area contributed by atoms with Gasteiger partial charge in [0.1, 0.15) is 35.1 Å². The van der Waals surface area contributed by atoms with Crippen LogP contribution in [0.5, 0.6) is 17.5 Å². The van der Waals surface area contributed by atoms with Crippen LogP contribution in [-0.2, 0) is 29.1 Å². The number of hydrogen-bond donors (Lipinski definition) is 3. The third kappa shape index (κ3) is 8.69. The number of nitrogens with zero attached hydrogens (tertiary/aromatic N) is 2. The van der Waals surface area contributed by atoms with Crippen molar-refractivity contribution in [2.24, 2.45) is 17.8 Å². The Hall–Kier alpha value is -4.60. The number of rotatable bonds is 8. The number of alkyl carbamates (subject to hydrolysis) is 1. The Morgan fingerprint density at radius 2 is 1.79 bits per heavy atom. The molecule has 1 aromatic carbocycles. The van der Waals surface area contributed by atoms with Gasteiger partial charge in [0.25, 0.3) is 5.91 Å². The molecule has 306 valence electrons. The van der Waals surface area contributed by atoms with Gasteiger partial charge in [0.05, 0.1) is 25.5 Å². The van der Waals surface area contributed by atoms with Crippen molar-refractivity contribution in [2.45, 2.75) is 121 Å². The van der Waals surface area contributed by atoms with E-state index in [2.05, 4.69) is 27.3 Å². The van der Waals surface area contributed by atoms with Gasteiger partial charge in [-0.3, -0.25) is 19.1 Å². The van der Waals surface area contributed by atoms with E-state index in [0.29, 0.717) is 36.8 Å². The lowest BCUT2D eigenvalue weighted by Gasteiger charge is -2.33. The largest absolute Gasteiger partial charge is 0.497 e. The Morgan fingerprint density at radius 1 is 1.05 bits per heavy atom. The van der Waals surface area contributed by atoms with Crippen molar-refractivity contribution < 1.29 is 46.5 Å². The first-order chi connectivity index (χ1) is 26.3. The highest BCUT2D eigenvalue weighted by Crippen LogP contribution is 2.47. The average molecular weight is 798 g/mol. The summed E-state index contributed by atoms with van der Waals surface area (Å²) >= 11 is 0. The zero-order chi connectivity index (χ0) is 40.8. The zero-order valence-corrected chi connectivity index (χ0v) is 34.3. The quantitative estimate of drug-likeness (QED) is 0.322. The zero-order valence-electron chi connectivity index (χ0n) is 33.5. The summed E-state index contributed by atoms with van der Waals surface area (Å²) in [6.45, 7) is 10.7. The maximum absolute atomic E-state index is 14.8. The maximum atomic E-state index is 14.8. The molecule has 2 aromatic rings. The lowest BCUT2D eigenvalue weighted by Crippen LogP contribution is -2.59. The van der Waals surface area contributed by atoms with E-state index in [0.717, 1.165) is 11.8 Å². The summed E-state index contributed by atoms with van der Waals surface area (Å²) in [5, 5.41) is 7.08. The second kappa shape index (κ2) is 15.4. The van der Waals surface area contributed by atoms with Crippen LogP contribution in [-0.4, -0.2) is 97.0 Å². The van der Waals surface area contributed by atoms with Crippen molar-refractivity contribution in [3.05, 3.63) is 36.4 Å². The van der Waals surface area contributed by atoms with Gasteiger partial charge in [0.2, 0.25) is 33.6 Å². The number of nitrogens with one attached hydrogen (secondary N) is 3. The number of amides is 4. The summed E-state index contributed by atoms with van der Waals surface area (Å²) < 4.78 is 50.6. The van der Waals surface area contributed by atoms with Crippen molar-refractivity contribution in [1.29, 1.82) is 0 Å². The minimum absolute atomic E-state index is 0.00657. The van der Waals surface area contributed by atoms with Crippen LogP contribution < -0.4 is 29.6 Å². The molecule has 56 heavy (non-hydrogen) atoms. The molecular formula is C40H55N5O10S. The summed E-state index contributed by atoms with van der Waals surface area (Å²) in [4.78, 5) is 62.5. The molecule has 0 spiro atoms. The SMILES string of the molecule is COc1ccc2c(O[C@@H]3C[C@H]4C(=O)N[C@]5(C(=O)NS(=O)(=O)C6(C)CC6)C[C@H]5/C=C\CC[C@@H](C)C[C@@H](C)[C@H](NC(=O)OC(C)(C)C)C(=O)N4C3)nc(OC)cc2c1. The standard InChI is InChI=1S/C40H55N5O10S/c1-23-11-9-10-12-26-21-40(26,36(48)44-56(50,51)39(6)15-16-39)43-33(46)30-20-28(54-34-29-14-13-27(52-7)18-25(29)19-31(41-34)53-8)22-45(30)35(47)32(24(2)17-23)42-37(49)55-38(3,4)5/h10,12-14,18-19,23-24,26,28,30,32H,9,11,15-17,20-22H2,1-8H3,(H,42,49)(H,43,46)(H,44,48)/b12-10-/t23-,24-,26-,28-,30+,32+,40-/m1/s1. The van der Waals surface area contributed by atoms with Crippen LogP contribution in [0.1, 0.15) is 86.5 Å². The van der Waals surface area contributed by atoms with Gasteiger partial charge in [0, 0.05) is 23.8 Å². The van der Waals surface area contributed by atoms with Gasteiger partial charge in [0.15, 0.2) is 0 Å². The number of pyridine rings is 1. The third-order valence-corrected chi connectivity index (χ3v) is 13.5. The Kier molecular flexibility index (Phi) is 11.3. The van der Waals surface area contributed by atoms with Gasteiger partial charge in [-0.2, -0.15) is 4.98 Å². The van der Waals surface area contributed by atoms with Gasteiger partial charge in [-0.15, -0.1) is 0 Å². The van der Waals surface area contributed by atoms with E-state index in [1.54, 1.807) is 53.0 Å². The van der Waals surface area contributed by atoms with Crippen LogP contribution >= 0.6 is 0 Å². The minimum atomic E-state index is -4.01. The summed E-state index contributed by atoms with van der Waals surface area (Å²) in [6.07, 6.45) is 5.35. The number of ether oxygens (including phenoxy) is 4. The van der Waals surface area contributed by atoms with E-state index in [9.17, 15) is 27.6 Å². The van der Waals surface area contributed by atoms with Crippen molar-refractivity contribution in [3.63, 3.8) is 0 Å². The number of allylic oxidation sites excluding steroid dienone is 1. The van der Waals surface area contributed by atoms with E-state index in [-0.39, 0.29) is 43.0 Å². The predicted octanol–water partition coefficient (Wildman–Crippen LogP) is 4.38. The third-order valence-electron chi connectivity index (χ3n) is 11.4. The molecule has 7 atom stereocenters. The maximum Gasteiger partial charge on any atom is 0.408 e. The molecule has 1 aromatic heterocycles. The number of carbonyl (C=O) groups excluding carboxylic acids is 4. The number of benzene rings is 1. The van der Waals surface area contributed by atoms with E-state index in [1.807, 2.05) is 25.1 Å². The number of carbonyl (C=O) groups is 4. The van der Waals surface area contributed by atoms with Crippen molar-refractivity contribution in [2.75, 3.05) is 20.8 Å². The van der Waals surface area contributed by atoms with E-state index in [1.165, 1.54) is 12.0 Å². The van der Waals surface area contributed by atoms with Gasteiger partial charge in [-0.25, -0.2) is 13.2 Å². The van der Waals surface area contributed by atoms with Crippen molar-refractivity contribution >= 4 is 44.6 Å². The lowest BCUT2D eigenvalue weighted by atomic mass is 9.88. The number of methoxy groups -OCH3 is 2. The average Bonchev–Trinajstić information content (AvgIpc) is 4.00. The lowest BCUT2D eigenvalue weighted by molar-refractivity contribution is -0.142. The molecular weight excluding hydrogens is 743 g/mol. The normalized spacial score (nSPS) is 29.7. The highest BCUT2D eigenvalue weighted by molar-refractivity contribution is 7.91. The topological polar surface area (TPSA) is 192 Å². The molecule has 4 aliphatic rings. The highest BCUT2D eigenvalue weighted by atomic mass is 32.2. The van der Waals surface area contributed by atoms with Gasteiger partial charge < -0.3 is 34.5 Å². The molecule has 3 heterocycles. The Morgan fingerprint density at radius 3 is 2.45 bits per heavy atom. The molecule has 1 saturated heterocycles. The number of fused-ring (bicyclic) bond motifs is 3. The van der Waals surface area contributed by atoms with Crippen LogP contribution in [0.2, 0.25) is 0 Å². The van der Waals surface area contributed by atoms with Crippen LogP contribution in [0.3, 0.4) is 0 Å². The molecule has 15 nitrogen and oxygen atoms in total. The molecule has 3 N–H and O–H groups in total. The van der Waals surface area contributed by atoms with E-state index >= 15 is 0 Å². The number of aromatic nitrogens is 1. The fourth-order valence-electron chi connectivity index (χ4n) is 7.69. The van der Waals surface area contributed by atoms with Crippen LogP contribution in [0, 0.1) is 17.8 Å². The molecule has 4 amide bonds. The molecule has 6 rings (SSSR count). The first-order valence-electron chi connectivity index (χ1n) is 19.3. The molecule has 0 radical (unpaired) electrons. The Balaban J connectivity index is 1.37. The van der Waals surface area contributed by atoms with Crippen LogP contribution in [0.4, 0.5) is 4.79 Å². The molecule has 0 bridgehead atoms. The minimum Gasteiger partial charge on any atom is -0.497 e. The van der Waals surface area contributed by atoms with Crippen molar-refractivity contribution in [1.82, 2.24) is 25.2 Å². The highest BCUT2D eigenvalue weighted by Gasteiger charge is 2.63. The number of hydrogen-bond acceptors (Lipinski definition) is 11. The second-order valence-corrected chi connectivity index (χ2v) is 19.3. The molecule has 2 aliphatic carbocycles. The van der Waals surface area contributed by atoms with Gasteiger partial charge in [-0.05, 0) is 102 Å². The summed E-state index contributed by atoms with van der Waals surface area (Å²) in [7, 11) is -0.967. The van der Waals surface area contributed by atoms with Crippen molar-refractivity contribution in [3.8, 4) is 17.5 Å². The Labute approximate surface area is 328 Å². The van der Waals surface area contributed by atoms with Crippen LogP contribution in [0.15, 0.2) is 36.4 Å². The molecule has 2 aliphatic heterocycles. The first kappa shape index (κ1) is 41.0. The Bertz CT molecular complexity index is 2010. The second-order valence-electron chi connectivity index (χ2n) is 17.1. The fourth-order valence-corrected chi connectivity index (χ4v) is 9.00. The van der Waals surface area contributed by atoms with Crippen LogP contribution in [0.25, 0.3) is 10.8 Å². The van der Waals surface area contributed by atoms with E-state index < -0.39 is 73.8 Å². The molecule has 0 unspecified atom stereocenters. The number of sulfonamides is 1. The summed E-state index contributed by atoms with van der Waals surface area (Å²) in [5.41, 5.74) is -2.38. The van der Waals surface area contributed by atoms with E-state index in [4.69, 9.17) is 18.9 Å². The first-order valence-corrected chi connectivity index (χ1v) is 20.8. The monoisotopic (exact) mass is 797 g/mol. The fraction of sp³-hybridized carbons (Fsp3) is 0.625. The van der Waals surface area contributed by atoms with Gasteiger partial charge in [-0.1, -0.05) is 26.0 Å². The molecule has 16 heteroatoms. The molecule has 3 fully saturated rings. The predicted molar refractivity (Wildman–Crippen MR) is 208 cm³/mol. The smallest absolute Gasteiger partial charge is 0.408 e. The van der Waals surface area contributed by atoms with Gasteiger partial charge >= 0.3 is 6.09 Å².